The topological polar surface area (TPSA) is 60.3 Å². The molecule has 0 atom stereocenters. The average molecular weight is 362 g/mol. The first kappa shape index (κ1) is 18.5. The van der Waals surface area contributed by atoms with Gasteiger partial charge < -0.3 is 14.6 Å². The number of nitrogens with zero attached hydrogens (tertiary/aromatic N) is 1. The van der Waals surface area contributed by atoms with E-state index in [1.165, 1.54) is 4.57 Å². The van der Waals surface area contributed by atoms with Crippen molar-refractivity contribution in [3.05, 3.63) is 93.4 Å². The first-order valence-electron chi connectivity index (χ1n) is 8.69. The van der Waals surface area contributed by atoms with Crippen LogP contribution in [0.15, 0.2) is 65.6 Å². The third-order valence-electron chi connectivity index (χ3n) is 4.63. The highest BCUT2D eigenvalue weighted by atomic mass is 16.5. The predicted octanol–water partition coefficient (Wildman–Crippen LogP) is 3.77. The number of anilines is 1. The molecule has 27 heavy (non-hydrogen) atoms. The number of benzene rings is 2. The zero-order chi connectivity index (χ0) is 19.4. The zero-order valence-electron chi connectivity index (χ0n) is 15.7. The van der Waals surface area contributed by atoms with Crippen molar-refractivity contribution < 1.29 is 9.53 Å². The van der Waals surface area contributed by atoms with Gasteiger partial charge in [-0.05, 0) is 60.9 Å². The molecule has 5 heteroatoms. The molecule has 1 aromatic heterocycles. The summed E-state index contributed by atoms with van der Waals surface area (Å²) in [5.41, 5.74) is 3.52. The van der Waals surface area contributed by atoms with Crippen molar-refractivity contribution >= 4 is 11.6 Å². The van der Waals surface area contributed by atoms with Crippen molar-refractivity contribution in [1.82, 2.24) is 4.57 Å². The average Bonchev–Trinajstić information content (AvgIpc) is 2.67. The van der Waals surface area contributed by atoms with Crippen LogP contribution in [0.3, 0.4) is 0 Å². The summed E-state index contributed by atoms with van der Waals surface area (Å²) in [4.78, 5) is 25.4. The van der Waals surface area contributed by atoms with Crippen LogP contribution in [0.2, 0.25) is 0 Å². The second-order valence-electron chi connectivity index (χ2n) is 6.40. The molecule has 2 aromatic carbocycles. The highest BCUT2D eigenvalue weighted by Gasteiger charge is 2.14. The van der Waals surface area contributed by atoms with E-state index in [2.05, 4.69) is 5.32 Å². The van der Waals surface area contributed by atoms with Gasteiger partial charge in [-0.25, -0.2) is 0 Å². The van der Waals surface area contributed by atoms with Gasteiger partial charge in [0.15, 0.2) is 0 Å². The minimum absolute atomic E-state index is 0.118. The molecule has 1 heterocycles. The number of hydrogen-bond acceptors (Lipinski definition) is 3. The van der Waals surface area contributed by atoms with Gasteiger partial charge in [-0.15, -0.1) is 0 Å². The van der Waals surface area contributed by atoms with Gasteiger partial charge in [0.05, 0.1) is 13.7 Å². The molecule has 0 spiro atoms. The second-order valence-corrected chi connectivity index (χ2v) is 6.40. The van der Waals surface area contributed by atoms with Crippen LogP contribution in [-0.4, -0.2) is 17.6 Å². The Bertz CT molecular complexity index is 1020. The Kier molecular flexibility index (Phi) is 5.41. The van der Waals surface area contributed by atoms with E-state index in [0.29, 0.717) is 12.2 Å². The van der Waals surface area contributed by atoms with E-state index in [1.54, 1.807) is 25.4 Å². The summed E-state index contributed by atoms with van der Waals surface area (Å²) in [6, 6.07) is 16.4. The molecular formula is C22H22N2O3. The van der Waals surface area contributed by atoms with Crippen LogP contribution >= 0.6 is 0 Å². The zero-order valence-corrected chi connectivity index (χ0v) is 15.7. The summed E-state index contributed by atoms with van der Waals surface area (Å²) in [7, 11) is 1.61. The second kappa shape index (κ2) is 7.91. The summed E-state index contributed by atoms with van der Waals surface area (Å²) < 4.78 is 6.67. The maximum atomic E-state index is 12.8. The summed E-state index contributed by atoms with van der Waals surface area (Å²) in [5.74, 6) is 0.352. The summed E-state index contributed by atoms with van der Waals surface area (Å²) in [5, 5.41) is 2.85. The number of methoxy groups -OCH3 is 1. The molecule has 0 fully saturated rings. The van der Waals surface area contributed by atoms with Crippen molar-refractivity contribution in [3.63, 3.8) is 0 Å². The Balaban J connectivity index is 1.84. The van der Waals surface area contributed by atoms with E-state index in [1.807, 2.05) is 56.3 Å². The number of carbonyl (C=O) groups is 1. The standard InChI is InChI=1S/C22H22N2O3/c1-15-6-4-8-20(16(15)2)23-21(25)19-7-5-13-24(22(19)26)14-17-9-11-18(27-3)12-10-17/h4-13H,14H2,1-3H3,(H,23,25). The Hall–Kier alpha value is -3.34. The molecule has 0 unspecified atom stereocenters. The fourth-order valence-electron chi connectivity index (χ4n) is 2.84. The van der Waals surface area contributed by atoms with Gasteiger partial charge in [0.2, 0.25) is 0 Å². The first-order chi connectivity index (χ1) is 13.0. The number of rotatable bonds is 5. The maximum Gasteiger partial charge on any atom is 0.263 e. The van der Waals surface area contributed by atoms with Crippen LogP contribution in [0.25, 0.3) is 0 Å². The fraction of sp³-hybridized carbons (Fsp3) is 0.182. The van der Waals surface area contributed by atoms with E-state index in [0.717, 1.165) is 22.4 Å². The largest absolute Gasteiger partial charge is 0.497 e. The molecule has 5 nitrogen and oxygen atoms in total. The Morgan fingerprint density at radius 3 is 2.48 bits per heavy atom. The van der Waals surface area contributed by atoms with Gasteiger partial charge in [-0.3, -0.25) is 9.59 Å². The molecule has 0 aliphatic carbocycles. The van der Waals surface area contributed by atoms with E-state index >= 15 is 0 Å². The molecule has 3 aromatic rings. The normalized spacial score (nSPS) is 10.5. The SMILES string of the molecule is COc1ccc(Cn2cccc(C(=O)Nc3cccc(C)c3C)c2=O)cc1. The highest BCUT2D eigenvalue weighted by Crippen LogP contribution is 2.18. The number of carbonyl (C=O) groups excluding carboxylic acids is 1. The Morgan fingerprint density at radius 1 is 1.04 bits per heavy atom. The third-order valence-corrected chi connectivity index (χ3v) is 4.63. The van der Waals surface area contributed by atoms with Crippen LogP contribution in [0.5, 0.6) is 5.75 Å². The lowest BCUT2D eigenvalue weighted by molar-refractivity contribution is 0.102. The van der Waals surface area contributed by atoms with Gasteiger partial charge in [0, 0.05) is 11.9 Å². The van der Waals surface area contributed by atoms with E-state index in [9.17, 15) is 9.59 Å². The Morgan fingerprint density at radius 2 is 1.78 bits per heavy atom. The number of hydrogen-bond donors (Lipinski definition) is 1. The molecule has 1 N–H and O–H groups in total. The first-order valence-corrected chi connectivity index (χ1v) is 8.69. The van der Waals surface area contributed by atoms with Crippen molar-refractivity contribution in [2.24, 2.45) is 0 Å². The van der Waals surface area contributed by atoms with Gasteiger partial charge in [0.1, 0.15) is 11.3 Å². The van der Waals surface area contributed by atoms with Gasteiger partial charge in [0.25, 0.3) is 11.5 Å². The van der Waals surface area contributed by atoms with E-state index in [4.69, 9.17) is 4.74 Å². The predicted molar refractivity (Wildman–Crippen MR) is 107 cm³/mol. The smallest absolute Gasteiger partial charge is 0.263 e. The van der Waals surface area contributed by atoms with Gasteiger partial charge in [-0.1, -0.05) is 24.3 Å². The molecule has 0 saturated carbocycles. The van der Waals surface area contributed by atoms with Gasteiger partial charge >= 0.3 is 0 Å². The molecule has 0 aliphatic rings. The lowest BCUT2D eigenvalue weighted by atomic mass is 10.1. The molecular weight excluding hydrogens is 340 g/mol. The Labute approximate surface area is 158 Å². The van der Waals surface area contributed by atoms with Crippen molar-refractivity contribution in [1.29, 1.82) is 0 Å². The molecule has 1 amide bonds. The van der Waals surface area contributed by atoms with Crippen molar-refractivity contribution in [2.75, 3.05) is 12.4 Å². The number of aromatic nitrogens is 1. The van der Waals surface area contributed by atoms with Crippen molar-refractivity contribution in [3.8, 4) is 5.75 Å². The molecule has 0 aliphatic heterocycles. The number of amides is 1. The van der Waals surface area contributed by atoms with Crippen LogP contribution in [0, 0.1) is 13.8 Å². The molecule has 0 bridgehead atoms. The van der Waals surface area contributed by atoms with E-state index < -0.39 is 5.91 Å². The van der Waals surface area contributed by atoms with Crippen LogP contribution in [0.4, 0.5) is 5.69 Å². The lowest BCUT2D eigenvalue weighted by Gasteiger charge is -2.12. The summed E-state index contributed by atoms with van der Waals surface area (Å²) in [6.45, 7) is 4.31. The molecule has 0 radical (unpaired) electrons. The van der Waals surface area contributed by atoms with Crippen LogP contribution in [-0.2, 0) is 6.54 Å². The third kappa shape index (κ3) is 4.08. The number of nitrogens with one attached hydrogen (secondary N) is 1. The van der Waals surface area contributed by atoms with Gasteiger partial charge in [-0.2, -0.15) is 0 Å². The minimum atomic E-state index is -0.405. The highest BCUT2D eigenvalue weighted by molar-refractivity contribution is 6.04. The quantitative estimate of drug-likeness (QED) is 0.751. The van der Waals surface area contributed by atoms with Crippen LogP contribution in [0.1, 0.15) is 27.0 Å². The maximum absolute atomic E-state index is 12.8. The lowest BCUT2D eigenvalue weighted by Crippen LogP contribution is -2.29. The number of pyridine rings is 1. The molecule has 3 rings (SSSR count). The van der Waals surface area contributed by atoms with Crippen molar-refractivity contribution in [2.45, 2.75) is 20.4 Å². The monoisotopic (exact) mass is 362 g/mol. The summed E-state index contributed by atoms with van der Waals surface area (Å²) >= 11 is 0. The van der Waals surface area contributed by atoms with Crippen LogP contribution < -0.4 is 15.6 Å². The number of aryl methyl sites for hydroxylation is 1. The molecule has 0 saturated heterocycles. The van der Waals surface area contributed by atoms with E-state index in [-0.39, 0.29) is 11.1 Å². The summed E-state index contributed by atoms with van der Waals surface area (Å²) in [6.07, 6.45) is 1.68. The fourth-order valence-corrected chi connectivity index (χ4v) is 2.84. The number of ether oxygens (including phenoxy) is 1. The minimum Gasteiger partial charge on any atom is -0.497 e. The molecule has 138 valence electrons.